The molecule has 0 spiro atoms. The minimum atomic E-state index is 0.427. The van der Waals surface area contributed by atoms with Gasteiger partial charge in [-0.3, -0.25) is 5.10 Å². The molecule has 4 nitrogen and oxygen atoms in total. The molecule has 2 saturated carbocycles. The summed E-state index contributed by atoms with van der Waals surface area (Å²) >= 11 is 0. The van der Waals surface area contributed by atoms with Crippen LogP contribution in [0.4, 0.5) is 0 Å². The molecule has 2 unspecified atom stereocenters. The van der Waals surface area contributed by atoms with Gasteiger partial charge in [0, 0.05) is 29.4 Å². The Balaban J connectivity index is 1.24. The average molecular weight is 346 g/mol. The fraction of sp³-hybridized carbons (Fsp3) is 0.409. The normalized spacial score (nSPS) is 28.3. The third-order valence-electron chi connectivity index (χ3n) is 6.13. The number of rotatable bonds is 4. The maximum absolute atomic E-state index is 6.02. The van der Waals surface area contributed by atoms with Gasteiger partial charge in [0.15, 0.2) is 0 Å². The van der Waals surface area contributed by atoms with Crippen LogP contribution in [0.1, 0.15) is 43.6 Å². The van der Waals surface area contributed by atoms with E-state index in [-0.39, 0.29) is 0 Å². The van der Waals surface area contributed by atoms with E-state index in [0.717, 1.165) is 10.9 Å². The minimum Gasteiger partial charge on any atom is -0.328 e. The predicted molar refractivity (Wildman–Crippen MR) is 106 cm³/mol. The first-order valence-electron chi connectivity index (χ1n) is 9.81. The molecule has 2 atom stereocenters. The monoisotopic (exact) mass is 346 g/mol. The number of aromatic amines is 1. The number of nitrogens with two attached hydrogens (primary N) is 1. The number of hydrogen-bond donors (Lipinski definition) is 3. The van der Waals surface area contributed by atoms with Gasteiger partial charge in [-0.1, -0.05) is 36.4 Å². The molecule has 2 aliphatic rings. The zero-order chi connectivity index (χ0) is 17.5. The van der Waals surface area contributed by atoms with Crippen molar-refractivity contribution in [2.24, 2.45) is 5.73 Å². The highest BCUT2D eigenvalue weighted by Crippen LogP contribution is 2.42. The molecular weight excluding hydrogens is 320 g/mol. The van der Waals surface area contributed by atoms with E-state index in [9.17, 15) is 0 Å². The van der Waals surface area contributed by atoms with E-state index in [1.807, 2.05) is 6.20 Å². The zero-order valence-corrected chi connectivity index (χ0v) is 15.0. The lowest BCUT2D eigenvalue weighted by atomic mass is 9.92. The van der Waals surface area contributed by atoms with Gasteiger partial charge in [-0.25, -0.2) is 0 Å². The summed E-state index contributed by atoms with van der Waals surface area (Å²) in [5.74, 6) is 0.676. The minimum absolute atomic E-state index is 0.427. The number of aromatic nitrogens is 2. The van der Waals surface area contributed by atoms with Crippen molar-refractivity contribution in [3.05, 3.63) is 54.2 Å². The van der Waals surface area contributed by atoms with Gasteiger partial charge in [0.25, 0.3) is 0 Å². The molecule has 0 saturated heterocycles. The Bertz CT molecular complexity index is 890. The van der Waals surface area contributed by atoms with Gasteiger partial charge in [-0.15, -0.1) is 0 Å². The molecule has 0 amide bonds. The van der Waals surface area contributed by atoms with Crippen molar-refractivity contribution in [2.45, 2.75) is 56.1 Å². The van der Waals surface area contributed by atoms with E-state index in [1.165, 1.54) is 48.8 Å². The zero-order valence-electron chi connectivity index (χ0n) is 15.0. The Kier molecular flexibility index (Phi) is 4.03. The first-order valence-corrected chi connectivity index (χ1v) is 9.81. The van der Waals surface area contributed by atoms with Crippen LogP contribution in [0.5, 0.6) is 0 Å². The van der Waals surface area contributed by atoms with Crippen molar-refractivity contribution >= 4 is 10.9 Å². The Morgan fingerprint density at radius 1 is 0.962 bits per heavy atom. The van der Waals surface area contributed by atoms with Gasteiger partial charge in [0.1, 0.15) is 0 Å². The van der Waals surface area contributed by atoms with Crippen molar-refractivity contribution < 1.29 is 0 Å². The maximum atomic E-state index is 6.02. The SMILES string of the molecule is NC1CCC(NC2CC2c2ccc(-c3ccc4cn[nH]c4c3)cc2)CC1. The molecule has 0 aliphatic heterocycles. The van der Waals surface area contributed by atoms with Gasteiger partial charge in [-0.2, -0.15) is 5.10 Å². The third kappa shape index (κ3) is 3.15. The van der Waals surface area contributed by atoms with E-state index in [4.69, 9.17) is 5.73 Å². The summed E-state index contributed by atoms with van der Waals surface area (Å²) in [4.78, 5) is 0. The highest BCUT2D eigenvalue weighted by Gasteiger charge is 2.39. The number of nitrogens with one attached hydrogen (secondary N) is 2. The Morgan fingerprint density at radius 2 is 1.73 bits per heavy atom. The first kappa shape index (κ1) is 16.0. The van der Waals surface area contributed by atoms with Crippen LogP contribution in [-0.2, 0) is 0 Å². The van der Waals surface area contributed by atoms with E-state index < -0.39 is 0 Å². The Morgan fingerprint density at radius 3 is 2.54 bits per heavy atom. The largest absolute Gasteiger partial charge is 0.328 e. The molecule has 134 valence electrons. The number of nitrogens with zero attached hydrogens (tertiary/aromatic N) is 1. The second kappa shape index (κ2) is 6.53. The molecular formula is C22H26N4. The molecule has 2 fully saturated rings. The molecule has 4 heteroatoms. The Labute approximate surface area is 154 Å². The predicted octanol–water partition coefficient (Wildman–Crippen LogP) is 3.95. The van der Waals surface area contributed by atoms with Gasteiger partial charge in [0.2, 0.25) is 0 Å². The standard InChI is InChI=1S/C22H26N4/c23-18-7-9-19(10-8-18)25-22-12-20(22)15-3-1-14(2-4-15)16-5-6-17-13-24-26-21(17)11-16/h1-6,11,13,18-20,22,25H,7-10,12,23H2,(H,24,26). The average Bonchev–Trinajstić information content (AvgIpc) is 3.27. The summed E-state index contributed by atoms with van der Waals surface area (Å²) in [7, 11) is 0. The van der Waals surface area contributed by atoms with Crippen LogP contribution in [0.25, 0.3) is 22.0 Å². The highest BCUT2D eigenvalue weighted by molar-refractivity contribution is 5.83. The van der Waals surface area contributed by atoms with Crippen molar-refractivity contribution in [3.63, 3.8) is 0 Å². The highest BCUT2D eigenvalue weighted by atomic mass is 15.1. The summed E-state index contributed by atoms with van der Waals surface area (Å²) < 4.78 is 0. The number of H-pyrrole nitrogens is 1. The second-order valence-corrected chi connectivity index (χ2v) is 8.02. The van der Waals surface area contributed by atoms with E-state index >= 15 is 0 Å². The van der Waals surface area contributed by atoms with Crippen molar-refractivity contribution in [1.82, 2.24) is 15.5 Å². The Hall–Kier alpha value is -2.17. The summed E-state index contributed by atoms with van der Waals surface area (Å²) in [6.45, 7) is 0. The fourth-order valence-electron chi connectivity index (χ4n) is 4.38. The van der Waals surface area contributed by atoms with E-state index in [2.05, 4.69) is 58.0 Å². The molecule has 1 heterocycles. The van der Waals surface area contributed by atoms with Gasteiger partial charge < -0.3 is 11.1 Å². The molecule has 2 aliphatic carbocycles. The summed E-state index contributed by atoms with van der Waals surface area (Å²) in [6.07, 6.45) is 7.94. The fourth-order valence-corrected chi connectivity index (χ4v) is 4.38. The van der Waals surface area contributed by atoms with Crippen molar-refractivity contribution in [2.75, 3.05) is 0 Å². The van der Waals surface area contributed by atoms with Gasteiger partial charge >= 0.3 is 0 Å². The second-order valence-electron chi connectivity index (χ2n) is 8.02. The first-order chi connectivity index (χ1) is 12.8. The lowest BCUT2D eigenvalue weighted by Gasteiger charge is -2.27. The lowest BCUT2D eigenvalue weighted by Crippen LogP contribution is -2.38. The van der Waals surface area contributed by atoms with E-state index in [1.54, 1.807) is 0 Å². The molecule has 0 radical (unpaired) electrons. The van der Waals surface area contributed by atoms with Crippen LogP contribution >= 0.6 is 0 Å². The molecule has 5 rings (SSSR count). The van der Waals surface area contributed by atoms with Crippen LogP contribution in [0.15, 0.2) is 48.7 Å². The topological polar surface area (TPSA) is 66.7 Å². The number of fused-ring (bicyclic) bond motifs is 1. The summed E-state index contributed by atoms with van der Waals surface area (Å²) in [5.41, 5.74) is 11.1. The molecule has 1 aromatic heterocycles. The number of benzene rings is 2. The van der Waals surface area contributed by atoms with Crippen molar-refractivity contribution in [1.29, 1.82) is 0 Å². The molecule has 26 heavy (non-hydrogen) atoms. The maximum Gasteiger partial charge on any atom is 0.0656 e. The summed E-state index contributed by atoms with van der Waals surface area (Å²) in [5, 5.41) is 12.2. The smallest absolute Gasteiger partial charge is 0.0656 e. The molecule has 4 N–H and O–H groups in total. The quantitative estimate of drug-likeness (QED) is 0.670. The van der Waals surface area contributed by atoms with Crippen LogP contribution in [0.3, 0.4) is 0 Å². The van der Waals surface area contributed by atoms with Crippen LogP contribution in [-0.4, -0.2) is 28.3 Å². The molecule has 3 aromatic rings. The van der Waals surface area contributed by atoms with Gasteiger partial charge in [-0.05, 0) is 54.9 Å². The lowest BCUT2D eigenvalue weighted by molar-refractivity contribution is 0.339. The summed E-state index contributed by atoms with van der Waals surface area (Å²) in [6, 6.07) is 17.3. The molecule has 0 bridgehead atoms. The molecule has 2 aromatic carbocycles. The number of hydrogen-bond acceptors (Lipinski definition) is 3. The van der Waals surface area contributed by atoms with E-state index in [0.29, 0.717) is 24.0 Å². The van der Waals surface area contributed by atoms with Crippen LogP contribution in [0, 0.1) is 0 Å². The van der Waals surface area contributed by atoms with Crippen molar-refractivity contribution in [3.8, 4) is 11.1 Å². The van der Waals surface area contributed by atoms with Gasteiger partial charge in [0.05, 0.1) is 11.7 Å². The third-order valence-corrected chi connectivity index (χ3v) is 6.13. The van der Waals surface area contributed by atoms with Crippen LogP contribution in [0.2, 0.25) is 0 Å². The van der Waals surface area contributed by atoms with Crippen LogP contribution < -0.4 is 11.1 Å².